The maximum atomic E-state index is 14.5. The number of aryl methyl sites for hydroxylation is 1. The molecule has 36 heavy (non-hydrogen) atoms. The van der Waals surface area contributed by atoms with Crippen molar-refractivity contribution in [1.29, 1.82) is 0 Å². The molecule has 2 aromatic heterocycles. The first-order valence-corrected chi connectivity index (χ1v) is 12.5. The number of likely N-dealkylation sites (N-methyl/N-ethyl adjacent to an activating group) is 1. The number of anilines is 1. The molecule has 0 unspecified atom stereocenters. The topological polar surface area (TPSA) is 124 Å². The zero-order chi connectivity index (χ0) is 26.8. The molecule has 0 saturated heterocycles. The monoisotopic (exact) mass is 524 g/mol. The third kappa shape index (κ3) is 6.76. The van der Waals surface area contributed by atoms with Crippen LogP contribution in [0.3, 0.4) is 0 Å². The van der Waals surface area contributed by atoms with Gasteiger partial charge in [0.25, 0.3) is 10.1 Å². The SMILES string of the molecule is CS(=O)(=O)O.Cc1ccc(Oc2c(F)cc(COc3cc4n(c(=O)n3)CC(C)(C)N4C)cc2F)cn1. The van der Waals surface area contributed by atoms with Crippen molar-refractivity contribution in [2.24, 2.45) is 0 Å². The molecule has 0 spiro atoms. The van der Waals surface area contributed by atoms with Gasteiger partial charge in [0.1, 0.15) is 18.2 Å². The second-order valence-corrected chi connectivity index (χ2v) is 10.3. The van der Waals surface area contributed by atoms with Crippen LogP contribution >= 0.6 is 0 Å². The molecule has 0 aliphatic carbocycles. The van der Waals surface area contributed by atoms with Gasteiger partial charge in [-0.15, -0.1) is 0 Å². The molecule has 0 amide bonds. The highest BCUT2D eigenvalue weighted by Gasteiger charge is 2.34. The average Bonchev–Trinajstić information content (AvgIpc) is 2.99. The van der Waals surface area contributed by atoms with Crippen LogP contribution in [0, 0.1) is 18.6 Å². The standard InChI is InChI=1S/C22H22F2N4O3.CH4O3S/c1-13-5-6-15(10-25-13)31-20-16(23)7-14(8-17(20)24)11-30-18-9-19-27(4)22(2,3)12-28(19)21(29)26-18;1-5(2,3)4/h5-10H,11-12H2,1-4H3;1H3,(H,2,3,4). The zero-order valence-corrected chi connectivity index (χ0v) is 21.1. The first-order valence-electron chi connectivity index (χ1n) is 10.6. The molecular formula is C23H26F2N4O6S. The highest BCUT2D eigenvalue weighted by molar-refractivity contribution is 7.85. The number of fused-ring (bicyclic) bond motifs is 1. The van der Waals surface area contributed by atoms with Gasteiger partial charge in [-0.2, -0.15) is 13.4 Å². The maximum absolute atomic E-state index is 14.5. The van der Waals surface area contributed by atoms with Gasteiger partial charge in [0, 0.05) is 18.8 Å². The smallest absolute Gasteiger partial charge is 0.352 e. The van der Waals surface area contributed by atoms with E-state index >= 15 is 0 Å². The van der Waals surface area contributed by atoms with Crippen LogP contribution < -0.4 is 20.1 Å². The van der Waals surface area contributed by atoms with Gasteiger partial charge < -0.3 is 14.4 Å². The van der Waals surface area contributed by atoms with Crippen LogP contribution in [0.25, 0.3) is 0 Å². The Bertz CT molecular complexity index is 1390. The van der Waals surface area contributed by atoms with Crippen molar-refractivity contribution in [2.45, 2.75) is 39.5 Å². The third-order valence-corrected chi connectivity index (χ3v) is 5.31. The van der Waals surface area contributed by atoms with Crippen molar-refractivity contribution < 1.29 is 31.2 Å². The maximum Gasteiger partial charge on any atom is 0.352 e. The van der Waals surface area contributed by atoms with Crippen LogP contribution in [0.15, 0.2) is 41.3 Å². The molecule has 13 heteroatoms. The second kappa shape index (κ2) is 10.2. The molecule has 0 fully saturated rings. The Kier molecular flexibility index (Phi) is 7.65. The summed E-state index contributed by atoms with van der Waals surface area (Å²) in [5.74, 6) is -1.28. The fourth-order valence-electron chi connectivity index (χ4n) is 3.36. The molecule has 1 N–H and O–H groups in total. The predicted octanol–water partition coefficient (Wildman–Crippen LogP) is 3.33. The number of hydrogen-bond donors (Lipinski definition) is 1. The molecule has 0 bridgehead atoms. The van der Waals surface area contributed by atoms with E-state index in [1.807, 2.05) is 25.8 Å². The van der Waals surface area contributed by atoms with E-state index in [2.05, 4.69) is 9.97 Å². The largest absolute Gasteiger partial charge is 0.473 e. The summed E-state index contributed by atoms with van der Waals surface area (Å²) in [7, 11) is -1.78. The Morgan fingerprint density at radius 2 is 1.78 bits per heavy atom. The van der Waals surface area contributed by atoms with Gasteiger partial charge in [-0.3, -0.25) is 14.1 Å². The van der Waals surface area contributed by atoms with E-state index in [9.17, 15) is 22.0 Å². The number of halogens is 2. The first kappa shape index (κ1) is 27.0. The minimum absolute atomic E-state index is 0.0904. The molecule has 0 atom stereocenters. The highest BCUT2D eigenvalue weighted by Crippen LogP contribution is 2.32. The molecule has 1 aliphatic heterocycles. The van der Waals surface area contributed by atoms with E-state index in [0.717, 1.165) is 17.8 Å². The Hall–Kier alpha value is -3.58. The average molecular weight is 525 g/mol. The lowest BCUT2D eigenvalue weighted by molar-refractivity contribution is 0.289. The molecule has 1 aromatic carbocycles. The van der Waals surface area contributed by atoms with E-state index in [4.69, 9.17) is 14.0 Å². The Morgan fingerprint density at radius 1 is 1.17 bits per heavy atom. The Morgan fingerprint density at radius 3 is 2.33 bits per heavy atom. The normalized spacial score (nSPS) is 14.1. The summed E-state index contributed by atoms with van der Waals surface area (Å²) < 4.78 is 67.2. The predicted molar refractivity (Wildman–Crippen MR) is 128 cm³/mol. The van der Waals surface area contributed by atoms with Gasteiger partial charge in [-0.25, -0.2) is 13.6 Å². The third-order valence-electron chi connectivity index (χ3n) is 5.31. The quantitative estimate of drug-likeness (QED) is 0.501. The van der Waals surface area contributed by atoms with Gasteiger partial charge in [0.2, 0.25) is 5.88 Å². The fraction of sp³-hybridized carbons (Fsp3) is 0.348. The van der Waals surface area contributed by atoms with Crippen LogP contribution in [-0.2, 0) is 23.3 Å². The molecule has 0 radical (unpaired) electrons. The van der Waals surface area contributed by atoms with Gasteiger partial charge in [0.15, 0.2) is 17.4 Å². The summed E-state index contributed by atoms with van der Waals surface area (Å²) in [5, 5.41) is 0. The number of aromatic nitrogens is 3. The molecule has 3 aromatic rings. The van der Waals surface area contributed by atoms with Crippen LogP contribution in [-0.4, -0.2) is 46.3 Å². The summed E-state index contributed by atoms with van der Waals surface area (Å²) in [6.07, 6.45) is 2.11. The lowest BCUT2D eigenvalue weighted by Gasteiger charge is -2.28. The first-order chi connectivity index (χ1) is 16.6. The summed E-state index contributed by atoms with van der Waals surface area (Å²) in [6.45, 7) is 6.18. The van der Waals surface area contributed by atoms with E-state index < -0.39 is 33.2 Å². The fourth-order valence-corrected chi connectivity index (χ4v) is 3.36. The van der Waals surface area contributed by atoms with Crippen molar-refractivity contribution in [1.82, 2.24) is 14.5 Å². The molecule has 3 heterocycles. The van der Waals surface area contributed by atoms with Crippen LogP contribution in [0.4, 0.5) is 14.6 Å². The van der Waals surface area contributed by atoms with E-state index in [1.165, 1.54) is 6.20 Å². The van der Waals surface area contributed by atoms with Crippen molar-refractivity contribution in [3.63, 3.8) is 0 Å². The molecule has 10 nitrogen and oxygen atoms in total. The van der Waals surface area contributed by atoms with Gasteiger partial charge >= 0.3 is 5.69 Å². The van der Waals surface area contributed by atoms with Crippen molar-refractivity contribution in [2.75, 3.05) is 18.2 Å². The zero-order valence-electron chi connectivity index (χ0n) is 20.3. The minimum Gasteiger partial charge on any atom is -0.473 e. The lowest BCUT2D eigenvalue weighted by Crippen LogP contribution is -2.38. The number of hydrogen-bond acceptors (Lipinski definition) is 8. The summed E-state index contributed by atoms with van der Waals surface area (Å²) in [6, 6.07) is 7.14. The summed E-state index contributed by atoms with van der Waals surface area (Å²) >= 11 is 0. The number of nitrogens with zero attached hydrogens (tertiary/aromatic N) is 4. The number of rotatable bonds is 5. The van der Waals surface area contributed by atoms with Gasteiger partial charge in [-0.1, -0.05) is 0 Å². The van der Waals surface area contributed by atoms with E-state index in [-0.39, 0.29) is 29.3 Å². The van der Waals surface area contributed by atoms with Crippen LogP contribution in [0.2, 0.25) is 0 Å². The van der Waals surface area contributed by atoms with E-state index in [0.29, 0.717) is 18.6 Å². The minimum atomic E-state index is -3.67. The van der Waals surface area contributed by atoms with Gasteiger partial charge in [0.05, 0.1) is 24.5 Å². The lowest BCUT2D eigenvalue weighted by atomic mass is 10.1. The van der Waals surface area contributed by atoms with Crippen LogP contribution in [0.5, 0.6) is 17.4 Å². The summed E-state index contributed by atoms with van der Waals surface area (Å²) in [5.41, 5.74) is 0.329. The molecular weight excluding hydrogens is 498 g/mol. The number of ether oxygens (including phenoxy) is 2. The number of pyridine rings is 1. The van der Waals surface area contributed by atoms with Crippen LogP contribution in [0.1, 0.15) is 25.1 Å². The van der Waals surface area contributed by atoms with Gasteiger partial charge in [-0.05, 0) is 50.6 Å². The number of benzene rings is 1. The second-order valence-electron chi connectivity index (χ2n) is 8.84. The summed E-state index contributed by atoms with van der Waals surface area (Å²) in [4.78, 5) is 22.3. The van der Waals surface area contributed by atoms with Crippen molar-refractivity contribution in [3.05, 3.63) is 69.9 Å². The molecule has 0 saturated carbocycles. The van der Waals surface area contributed by atoms with Crippen molar-refractivity contribution >= 4 is 15.9 Å². The highest BCUT2D eigenvalue weighted by atomic mass is 32.2. The van der Waals surface area contributed by atoms with E-state index in [1.54, 1.807) is 29.7 Å². The molecule has 194 valence electrons. The van der Waals surface area contributed by atoms with Crippen molar-refractivity contribution in [3.8, 4) is 17.4 Å². The Labute approximate surface area is 206 Å². The molecule has 1 aliphatic rings. The Balaban J connectivity index is 0.000000658. The molecule has 4 rings (SSSR count).